The number of aryl methyl sites for hydroxylation is 2. The van der Waals surface area contributed by atoms with Crippen molar-refractivity contribution in [3.05, 3.63) is 70.2 Å². The molecule has 0 radical (unpaired) electrons. The number of hydrogen-bond donors (Lipinski definition) is 1. The largest absolute Gasteiger partial charge is 0.452 e. The number of aromatic nitrogens is 1. The van der Waals surface area contributed by atoms with Crippen molar-refractivity contribution < 1.29 is 28.0 Å². The van der Waals surface area contributed by atoms with E-state index in [0.717, 1.165) is 10.5 Å². The molecule has 2 aromatic carbocycles. The maximum atomic E-state index is 14.3. The van der Waals surface area contributed by atoms with Crippen LogP contribution in [-0.4, -0.2) is 48.0 Å². The summed E-state index contributed by atoms with van der Waals surface area (Å²) in [5.41, 5.74) is 1.26. The Hall–Kier alpha value is -3.72. The third-order valence-electron chi connectivity index (χ3n) is 4.74. The second-order valence-electron chi connectivity index (χ2n) is 7.30. The van der Waals surface area contributed by atoms with Crippen molar-refractivity contribution in [2.45, 2.75) is 13.8 Å². The summed E-state index contributed by atoms with van der Waals surface area (Å²) in [5.74, 6) is -2.57. The van der Waals surface area contributed by atoms with E-state index >= 15 is 0 Å². The average Bonchev–Trinajstić information content (AvgIpc) is 3.14. The van der Waals surface area contributed by atoms with E-state index in [-0.39, 0.29) is 34.1 Å². The van der Waals surface area contributed by atoms with Crippen molar-refractivity contribution >= 4 is 35.1 Å². The molecule has 0 bridgehead atoms. The molecule has 0 aliphatic carbocycles. The van der Waals surface area contributed by atoms with Crippen molar-refractivity contribution in [2.75, 3.05) is 25.5 Å². The predicted octanol–water partition coefficient (Wildman–Crippen LogP) is 4.00. The predicted molar refractivity (Wildman–Crippen MR) is 119 cm³/mol. The number of carbonyl (C=O) groups excluding carboxylic acids is 3. The van der Waals surface area contributed by atoms with Crippen LogP contribution in [0.25, 0.3) is 11.3 Å². The third kappa shape index (κ3) is 5.75. The normalized spacial score (nSPS) is 10.6. The summed E-state index contributed by atoms with van der Waals surface area (Å²) in [5, 5.41) is 6.44. The lowest BCUT2D eigenvalue weighted by Crippen LogP contribution is -2.37. The zero-order chi connectivity index (χ0) is 24.1. The van der Waals surface area contributed by atoms with Gasteiger partial charge in [-0.1, -0.05) is 40.5 Å². The Morgan fingerprint density at radius 1 is 1.15 bits per heavy atom. The average molecular weight is 474 g/mol. The van der Waals surface area contributed by atoms with Gasteiger partial charge in [-0.05, 0) is 38.1 Å². The van der Waals surface area contributed by atoms with Crippen LogP contribution < -0.4 is 5.32 Å². The Labute approximate surface area is 194 Å². The standard InChI is InChI=1S/C23H21ClFN3O5/c1-13-7-9-15(10-8-13)26-18(29)11-28(3)19(30)12-32-23(31)20-14(2)33-27-22(20)21-16(24)5-4-6-17(21)25/h4-10H,11-12H2,1-3H3,(H,26,29). The number of anilines is 1. The summed E-state index contributed by atoms with van der Waals surface area (Å²) in [4.78, 5) is 38.3. The Bertz CT molecular complexity index is 1170. The number of esters is 1. The molecule has 0 spiro atoms. The number of benzene rings is 2. The van der Waals surface area contributed by atoms with E-state index in [4.69, 9.17) is 20.9 Å². The molecule has 0 aliphatic rings. The highest BCUT2D eigenvalue weighted by Gasteiger charge is 2.27. The first kappa shape index (κ1) is 23.9. The fraction of sp³-hybridized carbons (Fsp3) is 0.217. The molecule has 3 aromatic rings. The monoisotopic (exact) mass is 473 g/mol. The molecule has 0 aliphatic heterocycles. The lowest BCUT2D eigenvalue weighted by Gasteiger charge is -2.17. The Morgan fingerprint density at radius 3 is 2.52 bits per heavy atom. The van der Waals surface area contributed by atoms with Gasteiger partial charge >= 0.3 is 5.97 Å². The Morgan fingerprint density at radius 2 is 1.85 bits per heavy atom. The summed E-state index contributed by atoms with van der Waals surface area (Å²) in [6.45, 7) is 2.49. The molecular formula is C23H21ClFN3O5. The zero-order valence-corrected chi connectivity index (χ0v) is 18.9. The van der Waals surface area contributed by atoms with Gasteiger partial charge in [-0.25, -0.2) is 9.18 Å². The number of likely N-dealkylation sites (N-methyl/N-ethyl adjacent to an activating group) is 1. The molecule has 8 nitrogen and oxygen atoms in total. The zero-order valence-electron chi connectivity index (χ0n) is 18.1. The van der Waals surface area contributed by atoms with Crippen molar-refractivity contribution in [2.24, 2.45) is 0 Å². The van der Waals surface area contributed by atoms with Crippen LogP contribution in [0, 0.1) is 19.7 Å². The first-order chi connectivity index (χ1) is 15.7. The van der Waals surface area contributed by atoms with E-state index in [0.29, 0.717) is 5.69 Å². The molecule has 0 unspecified atom stereocenters. The minimum atomic E-state index is -0.936. The highest BCUT2D eigenvalue weighted by molar-refractivity contribution is 6.33. The minimum absolute atomic E-state index is 0.0350. The first-order valence-corrected chi connectivity index (χ1v) is 10.2. The van der Waals surface area contributed by atoms with Crippen LogP contribution in [0.2, 0.25) is 5.02 Å². The van der Waals surface area contributed by atoms with Crippen molar-refractivity contribution in [3.63, 3.8) is 0 Å². The smallest absolute Gasteiger partial charge is 0.344 e. The topological polar surface area (TPSA) is 102 Å². The second-order valence-corrected chi connectivity index (χ2v) is 7.71. The van der Waals surface area contributed by atoms with Crippen molar-refractivity contribution in [3.8, 4) is 11.3 Å². The van der Waals surface area contributed by atoms with Gasteiger partial charge in [0.05, 0.1) is 17.1 Å². The number of hydrogen-bond acceptors (Lipinski definition) is 6. The van der Waals surface area contributed by atoms with Crippen molar-refractivity contribution in [1.29, 1.82) is 0 Å². The van der Waals surface area contributed by atoms with Gasteiger partial charge in [0.25, 0.3) is 5.91 Å². The minimum Gasteiger partial charge on any atom is -0.452 e. The molecule has 33 heavy (non-hydrogen) atoms. The van der Waals surface area contributed by atoms with Crippen LogP contribution in [0.5, 0.6) is 0 Å². The molecule has 0 saturated carbocycles. The van der Waals surface area contributed by atoms with E-state index in [9.17, 15) is 18.8 Å². The van der Waals surface area contributed by atoms with Crippen LogP contribution >= 0.6 is 11.6 Å². The Balaban J connectivity index is 1.62. The summed E-state index contributed by atoms with van der Waals surface area (Å²) >= 11 is 6.06. The van der Waals surface area contributed by atoms with Gasteiger partial charge in [0.1, 0.15) is 22.8 Å². The molecule has 172 valence electrons. The van der Waals surface area contributed by atoms with E-state index < -0.39 is 30.2 Å². The van der Waals surface area contributed by atoms with Gasteiger partial charge < -0.3 is 19.5 Å². The summed E-state index contributed by atoms with van der Waals surface area (Å²) in [6.07, 6.45) is 0. The Kier molecular flexibility index (Phi) is 7.44. The number of rotatable bonds is 7. The lowest BCUT2D eigenvalue weighted by molar-refractivity contribution is -0.136. The maximum Gasteiger partial charge on any atom is 0.344 e. The summed E-state index contributed by atoms with van der Waals surface area (Å²) in [6, 6.07) is 11.2. The number of amides is 2. The van der Waals surface area contributed by atoms with E-state index in [1.807, 2.05) is 19.1 Å². The summed E-state index contributed by atoms with van der Waals surface area (Å²) < 4.78 is 24.4. The van der Waals surface area contributed by atoms with Crippen LogP contribution in [0.3, 0.4) is 0 Å². The molecular weight excluding hydrogens is 453 g/mol. The number of nitrogens with one attached hydrogen (secondary N) is 1. The van der Waals surface area contributed by atoms with Gasteiger partial charge in [-0.3, -0.25) is 9.59 Å². The molecule has 0 saturated heterocycles. The van der Waals surface area contributed by atoms with E-state index in [1.165, 1.54) is 32.2 Å². The third-order valence-corrected chi connectivity index (χ3v) is 5.05. The number of nitrogens with zero attached hydrogens (tertiary/aromatic N) is 2. The van der Waals surface area contributed by atoms with Gasteiger partial charge in [0, 0.05) is 12.7 Å². The fourth-order valence-corrected chi connectivity index (χ4v) is 3.21. The van der Waals surface area contributed by atoms with Gasteiger partial charge in [0.2, 0.25) is 5.91 Å². The lowest BCUT2D eigenvalue weighted by atomic mass is 10.1. The number of carbonyl (C=O) groups is 3. The van der Waals surface area contributed by atoms with Gasteiger partial charge in [-0.15, -0.1) is 0 Å². The molecule has 2 amide bonds. The van der Waals surface area contributed by atoms with Crippen LogP contribution in [0.1, 0.15) is 21.7 Å². The maximum absolute atomic E-state index is 14.3. The van der Waals surface area contributed by atoms with Crippen LogP contribution in [-0.2, 0) is 14.3 Å². The van der Waals surface area contributed by atoms with Crippen LogP contribution in [0.4, 0.5) is 10.1 Å². The highest BCUT2D eigenvalue weighted by Crippen LogP contribution is 2.33. The first-order valence-electron chi connectivity index (χ1n) is 9.85. The SMILES string of the molecule is Cc1ccc(NC(=O)CN(C)C(=O)COC(=O)c2c(-c3c(F)cccc3Cl)noc2C)cc1. The van der Waals surface area contributed by atoms with Gasteiger partial charge in [0.15, 0.2) is 6.61 Å². The number of ether oxygens (including phenoxy) is 1. The summed E-state index contributed by atoms with van der Waals surface area (Å²) in [7, 11) is 1.40. The van der Waals surface area contributed by atoms with Crippen LogP contribution in [0.15, 0.2) is 47.0 Å². The van der Waals surface area contributed by atoms with E-state index in [2.05, 4.69) is 10.5 Å². The molecule has 0 fully saturated rings. The molecule has 1 aromatic heterocycles. The number of halogens is 2. The molecule has 3 rings (SSSR count). The molecule has 1 heterocycles. The van der Waals surface area contributed by atoms with Crippen molar-refractivity contribution in [1.82, 2.24) is 10.1 Å². The van der Waals surface area contributed by atoms with Gasteiger partial charge in [-0.2, -0.15) is 0 Å². The van der Waals surface area contributed by atoms with E-state index in [1.54, 1.807) is 12.1 Å². The molecule has 1 N–H and O–H groups in total. The molecule has 10 heteroatoms. The fourth-order valence-electron chi connectivity index (χ4n) is 2.96. The molecule has 0 atom stereocenters. The highest BCUT2D eigenvalue weighted by atomic mass is 35.5. The second kappa shape index (κ2) is 10.3. The quantitative estimate of drug-likeness (QED) is 0.520.